The Morgan fingerprint density at radius 2 is 2.10 bits per heavy atom. The van der Waals surface area contributed by atoms with Gasteiger partial charge in [-0.15, -0.1) is 11.3 Å². The summed E-state index contributed by atoms with van der Waals surface area (Å²) in [7, 11) is 0. The monoisotopic (exact) mass is 300 g/mol. The maximum Gasteiger partial charge on any atom is 0.147 e. The molecule has 4 rings (SSSR count). The lowest BCUT2D eigenvalue weighted by molar-refractivity contribution is 0.670. The number of nitrogens with one attached hydrogen (secondary N) is 1. The Morgan fingerprint density at radius 1 is 1.19 bits per heavy atom. The van der Waals surface area contributed by atoms with E-state index in [1.54, 1.807) is 0 Å². The molecule has 0 bridgehead atoms. The van der Waals surface area contributed by atoms with E-state index in [2.05, 4.69) is 37.7 Å². The van der Waals surface area contributed by atoms with Crippen LogP contribution in [0.4, 0.5) is 5.82 Å². The maximum absolute atomic E-state index is 4.65. The number of thiophene rings is 1. The highest BCUT2D eigenvalue weighted by Gasteiger charge is 2.30. The van der Waals surface area contributed by atoms with E-state index >= 15 is 0 Å². The Morgan fingerprint density at radius 3 is 2.71 bits per heavy atom. The van der Waals surface area contributed by atoms with Crippen molar-refractivity contribution >= 4 is 17.2 Å². The van der Waals surface area contributed by atoms with Crippen molar-refractivity contribution in [2.75, 3.05) is 4.90 Å². The molecule has 0 amide bonds. The molecular weight excluding hydrogens is 280 g/mol. The normalized spacial score (nSPS) is 17.9. The summed E-state index contributed by atoms with van der Waals surface area (Å²) in [4.78, 5) is 13.0. The standard InChI is InChI=1S/C16H20N4S/c1-2-15(21-7-1)11-20(14-5-6-14)16-10-18-13(9-19-16)8-17-12-3-4-12/h1-2,7,9-10,12,14,17H,3-6,8,11H2. The van der Waals surface area contributed by atoms with Gasteiger partial charge in [0, 0.05) is 23.5 Å². The van der Waals surface area contributed by atoms with E-state index in [0.717, 1.165) is 24.6 Å². The zero-order valence-electron chi connectivity index (χ0n) is 12.0. The molecule has 21 heavy (non-hydrogen) atoms. The summed E-state index contributed by atoms with van der Waals surface area (Å²) < 4.78 is 0. The van der Waals surface area contributed by atoms with Gasteiger partial charge >= 0.3 is 0 Å². The smallest absolute Gasteiger partial charge is 0.147 e. The van der Waals surface area contributed by atoms with Gasteiger partial charge in [0.25, 0.3) is 0 Å². The average Bonchev–Trinajstić information content (AvgIpc) is 3.44. The predicted octanol–water partition coefficient (Wildman–Crippen LogP) is 2.96. The molecule has 0 aliphatic heterocycles. The van der Waals surface area contributed by atoms with Crippen LogP contribution in [0.1, 0.15) is 36.3 Å². The van der Waals surface area contributed by atoms with Crippen molar-refractivity contribution in [2.24, 2.45) is 0 Å². The van der Waals surface area contributed by atoms with Gasteiger partial charge in [-0.05, 0) is 37.1 Å². The van der Waals surface area contributed by atoms with Gasteiger partial charge in [-0.25, -0.2) is 4.98 Å². The van der Waals surface area contributed by atoms with Gasteiger partial charge in [-0.3, -0.25) is 4.98 Å². The summed E-state index contributed by atoms with van der Waals surface area (Å²) in [6.45, 7) is 1.79. The lowest BCUT2D eigenvalue weighted by atomic mass is 10.3. The summed E-state index contributed by atoms with van der Waals surface area (Å²) in [5, 5.41) is 5.62. The number of nitrogens with zero attached hydrogens (tertiary/aromatic N) is 3. The quantitative estimate of drug-likeness (QED) is 0.853. The summed E-state index contributed by atoms with van der Waals surface area (Å²) >= 11 is 1.81. The molecule has 0 spiro atoms. The molecule has 0 radical (unpaired) electrons. The first kappa shape index (κ1) is 13.2. The summed E-state index contributed by atoms with van der Waals surface area (Å²) in [6.07, 6.45) is 9.03. The van der Waals surface area contributed by atoms with Crippen LogP contribution in [-0.2, 0) is 13.1 Å². The molecule has 2 aromatic heterocycles. The Hall–Kier alpha value is -1.46. The van der Waals surface area contributed by atoms with Crippen molar-refractivity contribution in [3.05, 3.63) is 40.5 Å². The zero-order valence-corrected chi connectivity index (χ0v) is 12.9. The van der Waals surface area contributed by atoms with E-state index in [1.165, 1.54) is 30.6 Å². The minimum atomic E-state index is 0.650. The van der Waals surface area contributed by atoms with E-state index in [1.807, 2.05) is 23.7 Å². The van der Waals surface area contributed by atoms with Crippen LogP contribution in [0.5, 0.6) is 0 Å². The number of anilines is 1. The van der Waals surface area contributed by atoms with Crippen LogP contribution in [0.15, 0.2) is 29.9 Å². The first-order valence-corrected chi connectivity index (χ1v) is 8.60. The van der Waals surface area contributed by atoms with E-state index in [0.29, 0.717) is 12.1 Å². The molecule has 0 atom stereocenters. The van der Waals surface area contributed by atoms with Gasteiger partial charge < -0.3 is 10.2 Å². The molecule has 5 heteroatoms. The molecule has 2 aliphatic carbocycles. The third-order valence-electron chi connectivity index (χ3n) is 4.03. The van der Waals surface area contributed by atoms with Crippen LogP contribution in [-0.4, -0.2) is 22.1 Å². The van der Waals surface area contributed by atoms with Crippen LogP contribution in [0, 0.1) is 0 Å². The highest BCUT2D eigenvalue weighted by atomic mass is 32.1. The Bertz CT molecular complexity index is 573. The first-order valence-electron chi connectivity index (χ1n) is 7.72. The fourth-order valence-corrected chi connectivity index (χ4v) is 3.18. The van der Waals surface area contributed by atoms with Crippen molar-refractivity contribution in [2.45, 2.75) is 50.9 Å². The lowest BCUT2D eigenvalue weighted by Crippen LogP contribution is -2.26. The molecule has 2 fully saturated rings. The Labute approximate surface area is 129 Å². The Balaban J connectivity index is 1.44. The molecular formula is C16H20N4S. The molecule has 110 valence electrons. The van der Waals surface area contributed by atoms with Crippen LogP contribution in [0.2, 0.25) is 0 Å². The third kappa shape index (κ3) is 3.41. The van der Waals surface area contributed by atoms with Gasteiger partial charge in [0.1, 0.15) is 5.82 Å². The average molecular weight is 300 g/mol. The van der Waals surface area contributed by atoms with Crippen molar-refractivity contribution in [1.82, 2.24) is 15.3 Å². The maximum atomic E-state index is 4.65. The van der Waals surface area contributed by atoms with Crippen molar-refractivity contribution in [1.29, 1.82) is 0 Å². The van der Waals surface area contributed by atoms with E-state index in [9.17, 15) is 0 Å². The van der Waals surface area contributed by atoms with Gasteiger partial charge in [0.05, 0.1) is 24.6 Å². The molecule has 2 heterocycles. The Kier molecular flexibility index (Phi) is 3.61. The second kappa shape index (κ2) is 5.73. The topological polar surface area (TPSA) is 41.1 Å². The lowest BCUT2D eigenvalue weighted by Gasteiger charge is -2.22. The number of rotatable bonds is 7. The van der Waals surface area contributed by atoms with Crippen molar-refractivity contribution in [3.8, 4) is 0 Å². The molecule has 0 aromatic carbocycles. The highest BCUT2D eigenvalue weighted by molar-refractivity contribution is 7.09. The number of hydrogen-bond donors (Lipinski definition) is 1. The van der Waals surface area contributed by atoms with Crippen LogP contribution >= 0.6 is 11.3 Å². The largest absolute Gasteiger partial charge is 0.347 e. The van der Waals surface area contributed by atoms with Gasteiger partial charge in [-0.1, -0.05) is 6.07 Å². The molecule has 0 saturated heterocycles. The second-order valence-electron chi connectivity index (χ2n) is 5.96. The van der Waals surface area contributed by atoms with Gasteiger partial charge in [-0.2, -0.15) is 0 Å². The summed E-state index contributed by atoms with van der Waals surface area (Å²) in [5.41, 5.74) is 1.04. The molecule has 2 saturated carbocycles. The van der Waals surface area contributed by atoms with Crippen LogP contribution < -0.4 is 10.2 Å². The van der Waals surface area contributed by atoms with Crippen molar-refractivity contribution < 1.29 is 0 Å². The highest BCUT2D eigenvalue weighted by Crippen LogP contribution is 2.32. The van der Waals surface area contributed by atoms with Gasteiger partial charge in [0.2, 0.25) is 0 Å². The first-order chi connectivity index (χ1) is 10.4. The van der Waals surface area contributed by atoms with Crippen LogP contribution in [0.25, 0.3) is 0 Å². The van der Waals surface area contributed by atoms with Crippen molar-refractivity contribution in [3.63, 3.8) is 0 Å². The predicted molar refractivity (Wildman–Crippen MR) is 85.4 cm³/mol. The third-order valence-corrected chi connectivity index (χ3v) is 4.89. The van der Waals surface area contributed by atoms with E-state index in [-0.39, 0.29) is 0 Å². The minimum absolute atomic E-state index is 0.650. The minimum Gasteiger partial charge on any atom is -0.347 e. The zero-order chi connectivity index (χ0) is 14.1. The van der Waals surface area contributed by atoms with E-state index < -0.39 is 0 Å². The molecule has 2 aliphatic rings. The van der Waals surface area contributed by atoms with Crippen LogP contribution in [0.3, 0.4) is 0 Å². The molecule has 2 aromatic rings. The summed E-state index contributed by atoms with van der Waals surface area (Å²) in [6, 6.07) is 5.68. The second-order valence-corrected chi connectivity index (χ2v) is 6.99. The number of hydrogen-bond acceptors (Lipinski definition) is 5. The fraction of sp³-hybridized carbons (Fsp3) is 0.500. The number of aromatic nitrogens is 2. The molecule has 0 unspecified atom stereocenters. The van der Waals surface area contributed by atoms with E-state index in [4.69, 9.17) is 0 Å². The SMILES string of the molecule is c1csc(CN(c2cnc(CNC3CC3)cn2)C2CC2)c1. The fourth-order valence-electron chi connectivity index (χ4n) is 2.48. The molecule has 4 nitrogen and oxygen atoms in total. The summed E-state index contributed by atoms with van der Waals surface area (Å²) in [5.74, 6) is 1.01. The molecule has 1 N–H and O–H groups in total. The van der Waals surface area contributed by atoms with Gasteiger partial charge in [0.15, 0.2) is 0 Å².